The summed E-state index contributed by atoms with van der Waals surface area (Å²) >= 11 is 0. The molecule has 2 saturated carbocycles. The summed E-state index contributed by atoms with van der Waals surface area (Å²) in [6, 6.07) is 0. The molecule has 0 aromatic rings. The van der Waals surface area contributed by atoms with E-state index >= 15 is 0 Å². The molecular weight excluding hydrogens is 134 g/mol. The van der Waals surface area contributed by atoms with Crippen molar-refractivity contribution < 1.29 is 0 Å². The van der Waals surface area contributed by atoms with Gasteiger partial charge in [-0.3, -0.25) is 0 Å². The van der Waals surface area contributed by atoms with Crippen LogP contribution in [0, 0.1) is 11.3 Å². The van der Waals surface area contributed by atoms with Gasteiger partial charge >= 0.3 is 0 Å². The van der Waals surface area contributed by atoms with E-state index in [9.17, 15) is 0 Å². The van der Waals surface area contributed by atoms with E-state index in [4.69, 9.17) is 5.73 Å². The smallest absolute Gasteiger partial charge is 0.00436 e. The highest BCUT2D eigenvalue weighted by molar-refractivity contribution is 4.95. The van der Waals surface area contributed by atoms with Crippen LogP contribution in [0.2, 0.25) is 0 Å². The normalized spacial score (nSPS) is 35.2. The summed E-state index contributed by atoms with van der Waals surface area (Å²) in [4.78, 5) is 0. The Kier molecular flexibility index (Phi) is 1.92. The predicted octanol–water partition coefficient (Wildman–Crippen LogP) is 2.31. The highest BCUT2D eigenvalue weighted by Gasteiger charge is 2.43. The molecule has 2 rings (SSSR count). The Bertz CT molecular complexity index is 138. The summed E-state index contributed by atoms with van der Waals surface area (Å²) in [5.41, 5.74) is 6.53. The van der Waals surface area contributed by atoms with E-state index in [0.717, 1.165) is 17.9 Å². The second kappa shape index (κ2) is 2.78. The molecule has 0 radical (unpaired) electrons. The maximum atomic E-state index is 5.79. The van der Waals surface area contributed by atoms with Crippen molar-refractivity contribution >= 4 is 0 Å². The molecule has 0 aromatic heterocycles. The lowest BCUT2D eigenvalue weighted by atomic mass is 9.55. The van der Waals surface area contributed by atoms with Crippen molar-refractivity contribution in [2.24, 2.45) is 17.1 Å². The summed E-state index contributed by atoms with van der Waals surface area (Å²) in [5.74, 6) is 0.880. The predicted molar refractivity (Wildman–Crippen MR) is 47.3 cm³/mol. The zero-order valence-electron chi connectivity index (χ0n) is 7.31. The van der Waals surface area contributed by atoms with Crippen LogP contribution in [-0.2, 0) is 0 Å². The quantitative estimate of drug-likeness (QED) is 0.614. The van der Waals surface area contributed by atoms with Crippen LogP contribution < -0.4 is 5.73 Å². The van der Waals surface area contributed by atoms with Crippen LogP contribution in [0.25, 0.3) is 0 Å². The molecule has 0 saturated heterocycles. The summed E-state index contributed by atoms with van der Waals surface area (Å²) in [6.45, 7) is 0.944. The molecule has 2 N–H and O–H groups in total. The molecule has 2 aliphatic rings. The van der Waals surface area contributed by atoms with Crippen molar-refractivity contribution in [2.45, 2.75) is 44.9 Å². The molecule has 1 spiro atoms. The fourth-order valence-corrected chi connectivity index (χ4v) is 3.04. The zero-order valence-corrected chi connectivity index (χ0v) is 7.31. The topological polar surface area (TPSA) is 26.0 Å². The lowest BCUT2D eigenvalue weighted by molar-refractivity contribution is 0.0119. The maximum absolute atomic E-state index is 5.79. The zero-order chi connectivity index (χ0) is 7.73. The van der Waals surface area contributed by atoms with Crippen LogP contribution in [0.5, 0.6) is 0 Å². The minimum atomic E-state index is 0.743. The molecule has 0 heterocycles. The molecule has 0 amide bonds. The Balaban J connectivity index is 2.02. The van der Waals surface area contributed by atoms with Crippen molar-refractivity contribution in [3.8, 4) is 0 Å². The largest absolute Gasteiger partial charge is 0.330 e. The first kappa shape index (κ1) is 7.60. The van der Waals surface area contributed by atoms with Crippen molar-refractivity contribution in [1.29, 1.82) is 0 Å². The van der Waals surface area contributed by atoms with Crippen LogP contribution in [0.1, 0.15) is 44.9 Å². The first-order valence-electron chi connectivity index (χ1n) is 5.07. The molecule has 1 atom stereocenters. The average Bonchev–Trinajstić information content (AvgIpc) is 2.01. The van der Waals surface area contributed by atoms with Crippen molar-refractivity contribution in [3.63, 3.8) is 0 Å². The molecule has 1 unspecified atom stereocenters. The van der Waals surface area contributed by atoms with Crippen LogP contribution in [0.4, 0.5) is 0 Å². The second-order valence-corrected chi connectivity index (χ2v) is 4.39. The lowest BCUT2D eigenvalue weighted by Crippen LogP contribution is -2.43. The molecular formula is C10H19N. The van der Waals surface area contributed by atoms with Gasteiger partial charge in [-0.25, -0.2) is 0 Å². The van der Waals surface area contributed by atoms with Crippen molar-refractivity contribution in [2.75, 3.05) is 6.54 Å². The van der Waals surface area contributed by atoms with Gasteiger partial charge in [-0.1, -0.05) is 19.3 Å². The van der Waals surface area contributed by atoms with E-state index in [0.29, 0.717) is 0 Å². The third kappa shape index (κ3) is 1.10. The highest BCUT2D eigenvalue weighted by Crippen LogP contribution is 2.54. The minimum absolute atomic E-state index is 0.743. The molecule has 1 heteroatoms. The summed E-state index contributed by atoms with van der Waals surface area (Å²) in [7, 11) is 0. The van der Waals surface area contributed by atoms with E-state index in [-0.39, 0.29) is 0 Å². The van der Waals surface area contributed by atoms with Gasteiger partial charge in [0.25, 0.3) is 0 Å². The summed E-state index contributed by atoms with van der Waals surface area (Å²) < 4.78 is 0. The van der Waals surface area contributed by atoms with Crippen LogP contribution >= 0.6 is 0 Å². The SMILES string of the molecule is NCC1CCCCC12CCC2. The van der Waals surface area contributed by atoms with Crippen LogP contribution in [0.15, 0.2) is 0 Å². The molecule has 0 aliphatic heterocycles. The maximum Gasteiger partial charge on any atom is -0.00436 e. The Morgan fingerprint density at radius 1 is 1.09 bits per heavy atom. The van der Waals surface area contributed by atoms with E-state index < -0.39 is 0 Å². The summed E-state index contributed by atoms with van der Waals surface area (Å²) in [6.07, 6.45) is 10.2. The second-order valence-electron chi connectivity index (χ2n) is 4.39. The number of nitrogens with two attached hydrogens (primary N) is 1. The van der Waals surface area contributed by atoms with Gasteiger partial charge in [-0.05, 0) is 43.6 Å². The Morgan fingerprint density at radius 3 is 2.27 bits per heavy atom. The number of hydrogen-bond donors (Lipinski definition) is 1. The lowest BCUT2D eigenvalue weighted by Gasteiger charge is -2.50. The monoisotopic (exact) mass is 153 g/mol. The van der Waals surface area contributed by atoms with Crippen LogP contribution in [0.3, 0.4) is 0 Å². The van der Waals surface area contributed by atoms with Gasteiger partial charge in [-0.2, -0.15) is 0 Å². The van der Waals surface area contributed by atoms with Gasteiger partial charge in [-0.15, -0.1) is 0 Å². The van der Waals surface area contributed by atoms with E-state index in [2.05, 4.69) is 0 Å². The molecule has 64 valence electrons. The number of rotatable bonds is 1. The molecule has 11 heavy (non-hydrogen) atoms. The Morgan fingerprint density at radius 2 is 1.82 bits per heavy atom. The first-order chi connectivity index (χ1) is 5.37. The number of hydrogen-bond acceptors (Lipinski definition) is 1. The molecule has 1 nitrogen and oxygen atoms in total. The van der Waals surface area contributed by atoms with Gasteiger partial charge in [0.15, 0.2) is 0 Å². The molecule has 0 aromatic carbocycles. The van der Waals surface area contributed by atoms with Crippen molar-refractivity contribution in [3.05, 3.63) is 0 Å². The van der Waals surface area contributed by atoms with E-state index in [1.54, 1.807) is 0 Å². The van der Waals surface area contributed by atoms with Gasteiger partial charge < -0.3 is 5.73 Å². The highest BCUT2D eigenvalue weighted by atomic mass is 14.6. The Hall–Kier alpha value is -0.0400. The molecule has 2 aliphatic carbocycles. The average molecular weight is 153 g/mol. The molecule has 2 fully saturated rings. The van der Waals surface area contributed by atoms with Gasteiger partial charge in [0.2, 0.25) is 0 Å². The summed E-state index contributed by atoms with van der Waals surface area (Å²) in [5, 5.41) is 0. The Labute approximate surface area is 69.4 Å². The van der Waals surface area contributed by atoms with Crippen LogP contribution in [-0.4, -0.2) is 6.54 Å². The standard InChI is InChI=1S/C10H19N/c11-8-9-4-1-2-5-10(9)6-3-7-10/h9H,1-8,11H2. The fraction of sp³-hybridized carbons (Fsp3) is 1.00. The van der Waals surface area contributed by atoms with Gasteiger partial charge in [0.1, 0.15) is 0 Å². The van der Waals surface area contributed by atoms with Gasteiger partial charge in [0.05, 0.1) is 0 Å². The third-order valence-corrected chi connectivity index (χ3v) is 3.98. The molecule has 0 bridgehead atoms. The van der Waals surface area contributed by atoms with Crippen molar-refractivity contribution in [1.82, 2.24) is 0 Å². The fourth-order valence-electron chi connectivity index (χ4n) is 3.04. The first-order valence-corrected chi connectivity index (χ1v) is 5.07. The minimum Gasteiger partial charge on any atom is -0.330 e. The van der Waals surface area contributed by atoms with E-state index in [1.807, 2.05) is 0 Å². The van der Waals surface area contributed by atoms with E-state index in [1.165, 1.54) is 44.9 Å². The van der Waals surface area contributed by atoms with Gasteiger partial charge in [0, 0.05) is 0 Å². The third-order valence-electron chi connectivity index (χ3n) is 3.98.